The molecular formula is C6H14OZn. The Bertz CT molecular complexity index is 16.0. The van der Waals surface area contributed by atoms with Gasteiger partial charge in [0.2, 0.25) is 0 Å². The molecule has 0 aromatic rings. The first kappa shape index (κ1) is 15.8. The van der Waals surface area contributed by atoms with Crippen molar-refractivity contribution < 1.29 is 24.6 Å². The van der Waals surface area contributed by atoms with Crippen LogP contribution >= 0.6 is 0 Å². The molecule has 0 radical (unpaired) electrons. The Morgan fingerprint density at radius 3 is 1.50 bits per heavy atom. The maximum atomic E-state index is 8.93. The Morgan fingerprint density at radius 2 is 1.50 bits per heavy atom. The van der Waals surface area contributed by atoms with Crippen LogP contribution in [0.3, 0.4) is 0 Å². The molecule has 46 valence electrons. The van der Waals surface area contributed by atoms with Crippen LogP contribution in [0, 0.1) is 6.92 Å². The third kappa shape index (κ3) is 81.9. The van der Waals surface area contributed by atoms with Gasteiger partial charge < -0.3 is 12.0 Å². The van der Waals surface area contributed by atoms with E-state index >= 15 is 0 Å². The van der Waals surface area contributed by atoms with Crippen LogP contribution in [0.25, 0.3) is 0 Å². The van der Waals surface area contributed by atoms with Crippen molar-refractivity contribution in [3.05, 3.63) is 6.92 Å². The first-order valence-corrected chi connectivity index (χ1v) is 2.70. The first-order chi connectivity index (χ1) is 3.33. The fourth-order valence-electron chi connectivity index (χ4n) is 0. The standard InChI is InChI=1S/C4H9.C2H5O.Zn/c1-3-4-2;1-2-3;/h1,3-4H2,2H3;2H2,1H3;/q2*-1;+2. The summed E-state index contributed by atoms with van der Waals surface area (Å²) in [7, 11) is 0. The van der Waals surface area contributed by atoms with Gasteiger partial charge in [-0.25, -0.2) is 0 Å². The molecule has 0 N–H and O–H groups in total. The Balaban J connectivity index is -0.0000000575. The Kier molecular flexibility index (Phi) is 50.7. The fourth-order valence-corrected chi connectivity index (χ4v) is 0. The summed E-state index contributed by atoms with van der Waals surface area (Å²) in [5.74, 6) is 0. The topological polar surface area (TPSA) is 23.1 Å². The van der Waals surface area contributed by atoms with Gasteiger partial charge in [0, 0.05) is 0 Å². The molecule has 0 atom stereocenters. The van der Waals surface area contributed by atoms with E-state index in [1.807, 2.05) is 0 Å². The third-order valence-electron chi connectivity index (χ3n) is 0.354. The molecule has 0 saturated heterocycles. The molecule has 0 saturated carbocycles. The maximum absolute atomic E-state index is 8.93. The van der Waals surface area contributed by atoms with E-state index in [4.69, 9.17) is 5.11 Å². The van der Waals surface area contributed by atoms with Crippen LogP contribution < -0.4 is 5.11 Å². The maximum Gasteiger partial charge on any atom is 2.00 e. The predicted molar refractivity (Wildman–Crippen MR) is 30.8 cm³/mol. The molecule has 8 heavy (non-hydrogen) atoms. The minimum atomic E-state index is 0. The molecule has 0 aliphatic heterocycles. The van der Waals surface area contributed by atoms with E-state index in [9.17, 15) is 0 Å². The molecule has 0 aliphatic carbocycles. The van der Waals surface area contributed by atoms with Crippen LogP contribution in [0.2, 0.25) is 0 Å². The van der Waals surface area contributed by atoms with Gasteiger partial charge in [0.25, 0.3) is 0 Å². The summed E-state index contributed by atoms with van der Waals surface area (Å²) in [6.07, 6.45) is 2.28. The predicted octanol–water partition coefficient (Wildman–Crippen LogP) is 0.985. The number of hydrogen-bond acceptors (Lipinski definition) is 1. The second-order valence-corrected chi connectivity index (χ2v) is 1.14. The van der Waals surface area contributed by atoms with Gasteiger partial charge in [0.15, 0.2) is 0 Å². The van der Waals surface area contributed by atoms with Crippen molar-refractivity contribution in [3.63, 3.8) is 0 Å². The summed E-state index contributed by atoms with van der Waals surface area (Å²) in [6.45, 7) is 7.29. The van der Waals surface area contributed by atoms with E-state index in [0.717, 1.165) is 6.42 Å². The molecule has 0 rings (SSSR count). The van der Waals surface area contributed by atoms with Crippen LogP contribution in [0.5, 0.6) is 0 Å². The molecule has 0 fully saturated rings. The van der Waals surface area contributed by atoms with Crippen LogP contribution in [-0.2, 0) is 19.5 Å². The van der Waals surface area contributed by atoms with E-state index in [2.05, 4.69) is 13.8 Å². The number of hydrogen-bond donors (Lipinski definition) is 0. The largest absolute Gasteiger partial charge is 2.00 e. The van der Waals surface area contributed by atoms with Gasteiger partial charge in [-0.2, -0.15) is 6.42 Å². The summed E-state index contributed by atoms with van der Waals surface area (Å²) in [4.78, 5) is 0. The summed E-state index contributed by atoms with van der Waals surface area (Å²) in [5.41, 5.74) is 0. The summed E-state index contributed by atoms with van der Waals surface area (Å²) in [6, 6.07) is 0. The monoisotopic (exact) mass is 166 g/mol. The second kappa shape index (κ2) is 25.6. The fraction of sp³-hybridized carbons (Fsp3) is 0.833. The minimum absolute atomic E-state index is 0. The first-order valence-electron chi connectivity index (χ1n) is 2.70. The summed E-state index contributed by atoms with van der Waals surface area (Å²) in [5, 5.41) is 8.93. The molecule has 0 aromatic heterocycles. The normalized spacial score (nSPS) is 6.00. The van der Waals surface area contributed by atoms with E-state index in [-0.39, 0.29) is 26.1 Å². The zero-order valence-corrected chi connectivity index (χ0v) is 8.91. The molecule has 2 heteroatoms. The molecule has 0 aromatic carbocycles. The van der Waals surface area contributed by atoms with E-state index in [1.54, 1.807) is 6.92 Å². The van der Waals surface area contributed by atoms with Crippen molar-refractivity contribution in [1.82, 2.24) is 0 Å². The van der Waals surface area contributed by atoms with Crippen molar-refractivity contribution >= 4 is 0 Å². The van der Waals surface area contributed by atoms with Gasteiger partial charge in [-0.1, -0.05) is 20.3 Å². The average Bonchev–Trinajstić information content (AvgIpc) is 1.69. The quantitative estimate of drug-likeness (QED) is 0.422. The Hall–Kier alpha value is 0.583. The molecule has 0 spiro atoms. The van der Waals surface area contributed by atoms with Gasteiger partial charge in [0.05, 0.1) is 0 Å². The molecule has 0 bridgehead atoms. The Morgan fingerprint density at radius 1 is 1.38 bits per heavy atom. The molecule has 0 amide bonds. The SMILES string of the molecule is CC[O-].[CH2-]CCC.[Zn+2]. The van der Waals surface area contributed by atoms with Crippen LogP contribution in [0.4, 0.5) is 0 Å². The summed E-state index contributed by atoms with van der Waals surface area (Å²) >= 11 is 0. The van der Waals surface area contributed by atoms with E-state index in [1.165, 1.54) is 6.42 Å². The average molecular weight is 168 g/mol. The van der Waals surface area contributed by atoms with Gasteiger partial charge in [-0.3, -0.25) is 0 Å². The second-order valence-electron chi connectivity index (χ2n) is 1.14. The van der Waals surface area contributed by atoms with Gasteiger partial charge >= 0.3 is 19.5 Å². The van der Waals surface area contributed by atoms with E-state index in [0.29, 0.717) is 0 Å². The molecule has 0 unspecified atom stereocenters. The van der Waals surface area contributed by atoms with Gasteiger partial charge in [0.1, 0.15) is 0 Å². The van der Waals surface area contributed by atoms with E-state index < -0.39 is 0 Å². The number of rotatable bonds is 1. The molecular weight excluding hydrogens is 153 g/mol. The van der Waals surface area contributed by atoms with Crippen molar-refractivity contribution in [2.45, 2.75) is 26.7 Å². The van der Waals surface area contributed by atoms with Crippen LogP contribution in [0.1, 0.15) is 26.7 Å². The van der Waals surface area contributed by atoms with Crippen molar-refractivity contribution in [1.29, 1.82) is 0 Å². The molecule has 1 nitrogen and oxygen atoms in total. The number of unbranched alkanes of at least 4 members (excludes halogenated alkanes) is 1. The van der Waals surface area contributed by atoms with Gasteiger partial charge in [-0.15, -0.1) is 6.61 Å². The molecule has 0 aliphatic rings. The van der Waals surface area contributed by atoms with Crippen molar-refractivity contribution in [2.24, 2.45) is 0 Å². The van der Waals surface area contributed by atoms with Crippen molar-refractivity contribution in [3.8, 4) is 0 Å². The molecule has 0 heterocycles. The van der Waals surface area contributed by atoms with Crippen LogP contribution in [-0.4, -0.2) is 6.61 Å². The zero-order chi connectivity index (χ0) is 6.12. The zero-order valence-electron chi connectivity index (χ0n) is 5.94. The third-order valence-corrected chi connectivity index (χ3v) is 0.354. The van der Waals surface area contributed by atoms with Gasteiger partial charge in [-0.05, 0) is 0 Å². The smallest absolute Gasteiger partial charge is 0.855 e. The van der Waals surface area contributed by atoms with Crippen LogP contribution in [0.15, 0.2) is 0 Å². The van der Waals surface area contributed by atoms with Crippen molar-refractivity contribution in [2.75, 3.05) is 6.61 Å². The summed E-state index contributed by atoms with van der Waals surface area (Å²) < 4.78 is 0. The minimum Gasteiger partial charge on any atom is -0.855 e. The Labute approximate surface area is 65.2 Å².